The topological polar surface area (TPSA) is 84.9 Å². The maximum absolute atomic E-state index is 12.2. The first kappa shape index (κ1) is 17.9. The lowest BCUT2D eigenvalue weighted by Crippen LogP contribution is -2.92. The second-order valence-corrected chi connectivity index (χ2v) is 8.39. The molecule has 5 nitrogen and oxygen atoms in total. The van der Waals surface area contributed by atoms with Crippen LogP contribution < -0.4 is 4.13 Å². The highest BCUT2D eigenvalue weighted by Gasteiger charge is 2.52. The van der Waals surface area contributed by atoms with Crippen LogP contribution in [0.1, 0.15) is 31.7 Å². The third-order valence-corrected chi connectivity index (χ3v) is 6.57. The van der Waals surface area contributed by atoms with Crippen LogP contribution >= 0.6 is 0 Å². The fourth-order valence-corrected chi connectivity index (χ4v) is 4.23. The first-order chi connectivity index (χ1) is 9.40. The van der Waals surface area contributed by atoms with E-state index in [2.05, 4.69) is 0 Å². The van der Waals surface area contributed by atoms with Crippen LogP contribution in [0.15, 0.2) is 29.2 Å². The van der Waals surface area contributed by atoms with E-state index >= 15 is 0 Å². The van der Waals surface area contributed by atoms with Crippen LogP contribution in [0.3, 0.4) is 0 Å². The third-order valence-electron chi connectivity index (χ3n) is 2.97. The van der Waals surface area contributed by atoms with Crippen molar-refractivity contribution in [1.29, 1.82) is 0 Å². The number of hydrogen-bond acceptors (Lipinski definition) is 4. The molecule has 1 aromatic rings. The molecule has 1 atom stereocenters. The SMILES string of the molecule is CCC(C)c1ccc(S(=O)(=O)[NH2+]S(=O)(=O)C(F)(F)F)cc1. The fraction of sp³-hybridized carbons (Fsp3) is 0.455. The van der Waals surface area contributed by atoms with Gasteiger partial charge >= 0.3 is 25.6 Å². The monoisotopic (exact) mass is 346 g/mol. The summed E-state index contributed by atoms with van der Waals surface area (Å²) in [4.78, 5) is -0.498. The van der Waals surface area contributed by atoms with Gasteiger partial charge in [0.2, 0.25) is 0 Å². The molecule has 120 valence electrons. The van der Waals surface area contributed by atoms with Crippen LogP contribution in [0, 0.1) is 0 Å². The van der Waals surface area contributed by atoms with Crippen molar-refractivity contribution in [2.24, 2.45) is 0 Å². The molecule has 0 amide bonds. The maximum atomic E-state index is 12.2. The van der Waals surface area contributed by atoms with E-state index in [4.69, 9.17) is 0 Å². The minimum absolute atomic E-state index is 0.157. The molecule has 0 aromatic heterocycles. The molecular weight excluding hydrogens is 331 g/mol. The van der Waals surface area contributed by atoms with E-state index in [0.717, 1.165) is 24.1 Å². The van der Waals surface area contributed by atoms with Crippen LogP contribution in [0.2, 0.25) is 0 Å². The Kier molecular flexibility index (Phi) is 5.06. The summed E-state index contributed by atoms with van der Waals surface area (Å²) >= 11 is 0. The van der Waals surface area contributed by atoms with Gasteiger partial charge in [-0.3, -0.25) is 0 Å². The summed E-state index contributed by atoms with van der Waals surface area (Å²) in [5.74, 6) is 0.157. The molecular formula is C11H15F3NO4S2+. The summed E-state index contributed by atoms with van der Waals surface area (Å²) in [5, 5.41) is 0. The number of rotatable bonds is 5. The quantitative estimate of drug-likeness (QED) is 0.871. The van der Waals surface area contributed by atoms with Gasteiger partial charge in [-0.05, 0) is 30.0 Å². The highest BCUT2D eigenvalue weighted by molar-refractivity contribution is 7.96. The van der Waals surface area contributed by atoms with E-state index in [1.165, 1.54) is 12.1 Å². The van der Waals surface area contributed by atoms with Crippen molar-refractivity contribution in [2.75, 3.05) is 0 Å². The number of primary sulfonamides is 2. The van der Waals surface area contributed by atoms with Gasteiger partial charge in [0.1, 0.15) is 4.90 Å². The Labute approximate surface area is 121 Å². The van der Waals surface area contributed by atoms with Gasteiger partial charge in [0.15, 0.2) is 0 Å². The standard InChI is InChI=1S/C11H14F3NO4S2/c1-3-8(2)9-4-6-10(7-5-9)20(16,17)15-21(18,19)11(12,13)14/h4-8,15H,3H2,1-2H3/p+1. The van der Waals surface area contributed by atoms with Crippen LogP contribution in [0.25, 0.3) is 0 Å². The molecule has 10 heteroatoms. The van der Waals surface area contributed by atoms with Crippen molar-refractivity contribution >= 4 is 20.0 Å². The maximum Gasteiger partial charge on any atom is 0.550 e. The summed E-state index contributed by atoms with van der Waals surface area (Å²) in [6, 6.07) is 5.10. The lowest BCUT2D eigenvalue weighted by molar-refractivity contribution is -0.329. The van der Waals surface area contributed by atoms with Crippen molar-refractivity contribution in [2.45, 2.75) is 36.6 Å². The minimum Gasteiger partial charge on any atom is -0.168 e. The van der Waals surface area contributed by atoms with Gasteiger partial charge in [-0.1, -0.05) is 26.0 Å². The number of alkyl halides is 3. The van der Waals surface area contributed by atoms with E-state index in [1.54, 1.807) is 0 Å². The Morgan fingerprint density at radius 1 is 1.10 bits per heavy atom. The zero-order chi connectivity index (χ0) is 16.5. The minimum atomic E-state index is -5.85. The Bertz CT molecular complexity index is 694. The zero-order valence-corrected chi connectivity index (χ0v) is 12.9. The summed E-state index contributed by atoms with van der Waals surface area (Å²) in [6.45, 7) is 3.84. The lowest BCUT2D eigenvalue weighted by Gasteiger charge is -2.10. The molecule has 0 bridgehead atoms. The van der Waals surface area contributed by atoms with E-state index in [0.29, 0.717) is 0 Å². The summed E-state index contributed by atoms with van der Waals surface area (Å²) < 4.78 is 81.2. The Balaban J connectivity index is 3.10. The molecule has 0 heterocycles. The number of quaternary nitrogens is 1. The highest BCUT2D eigenvalue weighted by atomic mass is 32.3. The molecule has 21 heavy (non-hydrogen) atoms. The normalized spacial score (nSPS) is 14.9. The molecule has 0 radical (unpaired) electrons. The molecule has 0 aliphatic rings. The molecule has 1 aromatic carbocycles. The molecule has 0 fully saturated rings. The Hall–Kier alpha value is -1.13. The average molecular weight is 346 g/mol. The van der Waals surface area contributed by atoms with Crippen LogP contribution in [0.4, 0.5) is 13.2 Å². The number of halogens is 3. The average Bonchev–Trinajstić information content (AvgIpc) is 2.35. The van der Waals surface area contributed by atoms with Crippen LogP contribution in [0.5, 0.6) is 0 Å². The van der Waals surface area contributed by atoms with Crippen molar-refractivity contribution < 1.29 is 34.1 Å². The summed E-state index contributed by atoms with van der Waals surface area (Å²) in [6.07, 6.45) is 0.806. The largest absolute Gasteiger partial charge is 0.550 e. The fourth-order valence-electron chi connectivity index (χ4n) is 1.50. The van der Waals surface area contributed by atoms with Gasteiger partial charge < -0.3 is 0 Å². The van der Waals surface area contributed by atoms with Gasteiger partial charge in [-0.2, -0.15) is 30.0 Å². The molecule has 0 saturated heterocycles. The summed E-state index contributed by atoms with van der Waals surface area (Å²) in [7, 11) is -10.5. The molecule has 0 saturated carbocycles. The third kappa shape index (κ3) is 4.17. The van der Waals surface area contributed by atoms with Crippen LogP contribution in [-0.2, 0) is 20.0 Å². The molecule has 2 N–H and O–H groups in total. The van der Waals surface area contributed by atoms with Crippen molar-refractivity contribution in [3.8, 4) is 0 Å². The second-order valence-electron chi connectivity index (χ2n) is 4.51. The van der Waals surface area contributed by atoms with Crippen molar-refractivity contribution in [1.82, 2.24) is 0 Å². The second kappa shape index (κ2) is 5.93. The van der Waals surface area contributed by atoms with E-state index in [-0.39, 0.29) is 5.92 Å². The highest BCUT2D eigenvalue weighted by Crippen LogP contribution is 2.21. The van der Waals surface area contributed by atoms with Gasteiger partial charge in [-0.15, -0.1) is 4.13 Å². The van der Waals surface area contributed by atoms with E-state index in [9.17, 15) is 30.0 Å². The van der Waals surface area contributed by atoms with Gasteiger partial charge in [0.25, 0.3) is 0 Å². The van der Waals surface area contributed by atoms with Gasteiger partial charge in [-0.25, -0.2) is 0 Å². The zero-order valence-electron chi connectivity index (χ0n) is 11.3. The van der Waals surface area contributed by atoms with Gasteiger partial charge in [0.05, 0.1) is 0 Å². The predicted octanol–water partition coefficient (Wildman–Crippen LogP) is 1.30. The van der Waals surface area contributed by atoms with Crippen molar-refractivity contribution in [3.63, 3.8) is 0 Å². The molecule has 1 unspecified atom stereocenters. The molecule has 0 aliphatic heterocycles. The lowest BCUT2D eigenvalue weighted by atomic mass is 9.99. The molecule has 0 aliphatic carbocycles. The Morgan fingerprint density at radius 3 is 1.95 bits per heavy atom. The van der Waals surface area contributed by atoms with E-state index in [1.807, 2.05) is 13.8 Å². The summed E-state index contributed by atoms with van der Waals surface area (Å²) in [5.41, 5.74) is -4.83. The Morgan fingerprint density at radius 2 is 1.57 bits per heavy atom. The molecule has 1 rings (SSSR count). The molecule has 0 spiro atoms. The van der Waals surface area contributed by atoms with Crippen molar-refractivity contribution in [3.05, 3.63) is 29.8 Å². The smallest absolute Gasteiger partial charge is 0.168 e. The number of nitrogens with two attached hydrogens (primary N) is 1. The number of hydrogen-bond donors (Lipinski definition) is 1. The number of sulfonamides is 2. The first-order valence-electron chi connectivity index (χ1n) is 5.92. The van der Waals surface area contributed by atoms with Gasteiger partial charge in [0, 0.05) is 0 Å². The first-order valence-corrected chi connectivity index (χ1v) is 9.01. The number of benzene rings is 1. The van der Waals surface area contributed by atoms with Crippen LogP contribution in [-0.4, -0.2) is 22.3 Å². The van der Waals surface area contributed by atoms with E-state index < -0.39 is 34.6 Å². The predicted molar refractivity (Wildman–Crippen MR) is 69.2 cm³/mol.